The van der Waals surface area contributed by atoms with E-state index in [2.05, 4.69) is 90.1 Å². The molecule has 0 saturated heterocycles. The van der Waals surface area contributed by atoms with Crippen molar-refractivity contribution in [1.82, 2.24) is 0 Å². The summed E-state index contributed by atoms with van der Waals surface area (Å²) >= 11 is 0. The second-order valence-corrected chi connectivity index (χ2v) is 12.0. The SMILES string of the molecule is CC1CCC(C(C)C)C(Oc2ccc(-c3ccc(OC4CC(C)CCC4C(C)C)cc3)cc2)C1. The lowest BCUT2D eigenvalue weighted by molar-refractivity contribution is 0.0458. The molecule has 6 unspecified atom stereocenters. The van der Waals surface area contributed by atoms with E-state index in [4.69, 9.17) is 9.47 Å². The summed E-state index contributed by atoms with van der Waals surface area (Å²) < 4.78 is 13.0. The van der Waals surface area contributed by atoms with Crippen molar-refractivity contribution in [2.75, 3.05) is 0 Å². The van der Waals surface area contributed by atoms with Gasteiger partial charge in [0, 0.05) is 0 Å². The molecule has 2 aromatic carbocycles. The quantitative estimate of drug-likeness (QED) is 0.408. The van der Waals surface area contributed by atoms with Gasteiger partial charge in [-0.1, -0.05) is 78.6 Å². The van der Waals surface area contributed by atoms with Crippen LogP contribution in [0, 0.1) is 35.5 Å². The minimum atomic E-state index is 0.336. The van der Waals surface area contributed by atoms with Crippen LogP contribution < -0.4 is 9.47 Å². The van der Waals surface area contributed by atoms with Crippen molar-refractivity contribution < 1.29 is 9.47 Å². The smallest absolute Gasteiger partial charge is 0.119 e. The highest BCUT2D eigenvalue weighted by Gasteiger charge is 2.33. The van der Waals surface area contributed by atoms with E-state index >= 15 is 0 Å². The predicted molar refractivity (Wildman–Crippen MR) is 143 cm³/mol. The van der Waals surface area contributed by atoms with E-state index in [9.17, 15) is 0 Å². The summed E-state index contributed by atoms with van der Waals surface area (Å²) in [7, 11) is 0. The molecule has 2 aromatic rings. The third kappa shape index (κ3) is 6.18. The minimum Gasteiger partial charge on any atom is -0.490 e. The first-order chi connectivity index (χ1) is 16.3. The van der Waals surface area contributed by atoms with Gasteiger partial charge < -0.3 is 9.47 Å². The van der Waals surface area contributed by atoms with E-state index in [1.807, 2.05) is 0 Å². The second kappa shape index (κ2) is 11.2. The molecule has 0 bridgehead atoms. The highest BCUT2D eigenvalue weighted by atomic mass is 16.5. The fourth-order valence-electron chi connectivity index (χ4n) is 6.30. The molecule has 2 saturated carbocycles. The largest absolute Gasteiger partial charge is 0.490 e. The number of hydrogen-bond acceptors (Lipinski definition) is 2. The van der Waals surface area contributed by atoms with Gasteiger partial charge >= 0.3 is 0 Å². The van der Waals surface area contributed by atoms with Gasteiger partial charge in [0.05, 0.1) is 0 Å². The van der Waals surface area contributed by atoms with Gasteiger partial charge in [-0.25, -0.2) is 0 Å². The van der Waals surface area contributed by atoms with Gasteiger partial charge in [-0.2, -0.15) is 0 Å². The van der Waals surface area contributed by atoms with Crippen LogP contribution in [0.5, 0.6) is 11.5 Å². The fraction of sp³-hybridized carbons (Fsp3) is 0.625. The average molecular weight is 463 g/mol. The maximum absolute atomic E-state index is 6.51. The molecule has 0 amide bonds. The Labute approximate surface area is 208 Å². The molecule has 0 aromatic heterocycles. The van der Waals surface area contributed by atoms with Gasteiger partial charge in [-0.3, -0.25) is 0 Å². The normalized spacial score (nSPS) is 29.9. The predicted octanol–water partition coefficient (Wildman–Crippen LogP) is 9.03. The molecule has 0 heterocycles. The summed E-state index contributed by atoms with van der Waals surface area (Å²) in [6, 6.07) is 17.4. The van der Waals surface area contributed by atoms with E-state index in [1.54, 1.807) is 0 Å². The molecular formula is C32H46O2. The number of benzene rings is 2. The first-order valence-corrected chi connectivity index (χ1v) is 13.8. The van der Waals surface area contributed by atoms with E-state index in [-0.39, 0.29) is 0 Å². The third-order valence-corrected chi connectivity index (χ3v) is 8.54. The van der Waals surface area contributed by atoms with Crippen molar-refractivity contribution in [2.24, 2.45) is 35.5 Å². The molecule has 2 nitrogen and oxygen atoms in total. The van der Waals surface area contributed by atoms with Crippen LogP contribution in [0.3, 0.4) is 0 Å². The third-order valence-electron chi connectivity index (χ3n) is 8.54. The van der Waals surface area contributed by atoms with Crippen LogP contribution in [0.15, 0.2) is 48.5 Å². The lowest BCUT2D eigenvalue weighted by Gasteiger charge is -2.37. The summed E-state index contributed by atoms with van der Waals surface area (Å²) in [6.07, 6.45) is 8.25. The van der Waals surface area contributed by atoms with E-state index in [1.165, 1.54) is 49.7 Å². The molecule has 0 radical (unpaired) electrons. The van der Waals surface area contributed by atoms with Gasteiger partial charge in [0.25, 0.3) is 0 Å². The Bertz CT molecular complexity index is 807. The average Bonchev–Trinajstić information content (AvgIpc) is 2.80. The summed E-state index contributed by atoms with van der Waals surface area (Å²) in [5.74, 6) is 6.17. The summed E-state index contributed by atoms with van der Waals surface area (Å²) in [5, 5.41) is 0. The molecular weight excluding hydrogens is 416 g/mol. The Kier molecular flexibility index (Phi) is 8.27. The fourth-order valence-corrected chi connectivity index (χ4v) is 6.30. The molecule has 2 heteroatoms. The first-order valence-electron chi connectivity index (χ1n) is 13.8. The zero-order valence-electron chi connectivity index (χ0n) is 22.3. The Morgan fingerprint density at radius 2 is 0.912 bits per heavy atom. The minimum absolute atomic E-state index is 0.336. The molecule has 2 aliphatic rings. The molecule has 186 valence electrons. The topological polar surface area (TPSA) is 18.5 Å². The lowest BCUT2D eigenvalue weighted by atomic mass is 9.75. The number of hydrogen-bond donors (Lipinski definition) is 0. The van der Waals surface area contributed by atoms with Gasteiger partial charge in [0.15, 0.2) is 0 Å². The first kappa shape index (κ1) is 25.1. The maximum atomic E-state index is 6.51. The molecule has 2 fully saturated rings. The van der Waals surface area contributed by atoms with Crippen LogP contribution in [0.1, 0.15) is 80.1 Å². The Balaban J connectivity index is 1.39. The summed E-state index contributed by atoms with van der Waals surface area (Å²) in [6.45, 7) is 14.1. The summed E-state index contributed by atoms with van der Waals surface area (Å²) in [5.41, 5.74) is 2.45. The van der Waals surface area contributed by atoms with Gasteiger partial charge in [-0.15, -0.1) is 0 Å². The molecule has 0 N–H and O–H groups in total. The van der Waals surface area contributed by atoms with Crippen molar-refractivity contribution in [2.45, 2.75) is 92.3 Å². The van der Waals surface area contributed by atoms with Crippen LogP contribution in [0.4, 0.5) is 0 Å². The molecule has 34 heavy (non-hydrogen) atoms. The van der Waals surface area contributed by atoms with Gasteiger partial charge in [0.1, 0.15) is 23.7 Å². The van der Waals surface area contributed by atoms with Gasteiger partial charge in [-0.05, 0) is 96.6 Å². The lowest BCUT2D eigenvalue weighted by Crippen LogP contribution is -2.36. The van der Waals surface area contributed by atoms with Crippen molar-refractivity contribution in [3.05, 3.63) is 48.5 Å². The maximum Gasteiger partial charge on any atom is 0.119 e. The van der Waals surface area contributed by atoms with E-state index in [0.717, 1.165) is 23.3 Å². The standard InChI is InChI=1S/C32H46O2/c1-21(2)29-17-7-23(5)19-31(29)33-27-13-9-25(10-14-27)26-11-15-28(16-12-26)34-32-20-24(6)8-18-30(32)22(3)4/h9-16,21-24,29-32H,7-8,17-20H2,1-6H3. The van der Waals surface area contributed by atoms with Crippen molar-refractivity contribution in [3.8, 4) is 22.6 Å². The summed E-state index contributed by atoms with van der Waals surface area (Å²) in [4.78, 5) is 0. The number of ether oxygens (including phenoxy) is 2. The zero-order chi connectivity index (χ0) is 24.2. The van der Waals surface area contributed by atoms with Crippen molar-refractivity contribution in [3.63, 3.8) is 0 Å². The Hall–Kier alpha value is -1.96. The molecule has 0 aliphatic heterocycles. The van der Waals surface area contributed by atoms with E-state index in [0.29, 0.717) is 35.9 Å². The monoisotopic (exact) mass is 462 g/mol. The van der Waals surface area contributed by atoms with Crippen molar-refractivity contribution in [1.29, 1.82) is 0 Å². The molecule has 6 atom stereocenters. The molecule has 0 spiro atoms. The van der Waals surface area contributed by atoms with Crippen LogP contribution in [0.2, 0.25) is 0 Å². The number of rotatable bonds is 7. The zero-order valence-corrected chi connectivity index (χ0v) is 22.3. The van der Waals surface area contributed by atoms with Crippen molar-refractivity contribution >= 4 is 0 Å². The highest BCUT2D eigenvalue weighted by Crippen LogP contribution is 2.38. The Morgan fingerprint density at radius 3 is 1.24 bits per heavy atom. The molecule has 2 aliphatic carbocycles. The van der Waals surface area contributed by atoms with E-state index < -0.39 is 0 Å². The van der Waals surface area contributed by atoms with Crippen LogP contribution >= 0.6 is 0 Å². The Morgan fingerprint density at radius 1 is 0.559 bits per heavy atom. The highest BCUT2D eigenvalue weighted by molar-refractivity contribution is 5.64. The van der Waals surface area contributed by atoms with Gasteiger partial charge in [0.2, 0.25) is 0 Å². The van der Waals surface area contributed by atoms with Crippen LogP contribution in [0.25, 0.3) is 11.1 Å². The second-order valence-electron chi connectivity index (χ2n) is 12.0. The van der Waals surface area contributed by atoms with Crippen LogP contribution in [-0.2, 0) is 0 Å². The van der Waals surface area contributed by atoms with Crippen LogP contribution in [-0.4, -0.2) is 12.2 Å². The molecule has 4 rings (SSSR count).